The highest BCUT2D eigenvalue weighted by molar-refractivity contribution is 6.33. The van der Waals surface area contributed by atoms with Crippen molar-refractivity contribution in [2.75, 3.05) is 19.6 Å². The Morgan fingerprint density at radius 2 is 1.92 bits per heavy atom. The number of nitrogens with zero attached hydrogens (tertiary/aromatic N) is 2. The first-order valence-corrected chi connectivity index (χ1v) is 9.05. The van der Waals surface area contributed by atoms with Gasteiger partial charge in [-0.05, 0) is 42.2 Å². The molecule has 2 aromatic carbocycles. The molecule has 0 radical (unpaired) electrons. The maximum Gasteiger partial charge on any atom is 0.255 e. The highest BCUT2D eigenvalue weighted by Gasteiger charge is 2.32. The van der Waals surface area contributed by atoms with E-state index in [9.17, 15) is 9.18 Å². The highest BCUT2D eigenvalue weighted by Crippen LogP contribution is 2.26. The van der Waals surface area contributed by atoms with Crippen LogP contribution in [0, 0.1) is 5.82 Å². The fourth-order valence-electron chi connectivity index (χ4n) is 3.89. The molecule has 2 heterocycles. The molecule has 0 bridgehead atoms. The van der Waals surface area contributed by atoms with Crippen LogP contribution in [0.2, 0.25) is 5.02 Å². The molecule has 1 fully saturated rings. The summed E-state index contributed by atoms with van der Waals surface area (Å²) in [7, 11) is 0. The normalized spacial score (nSPS) is 20.6. The molecular formula is C20H20ClFN2O. The van der Waals surface area contributed by atoms with Crippen LogP contribution in [0.25, 0.3) is 0 Å². The molecule has 1 amide bonds. The summed E-state index contributed by atoms with van der Waals surface area (Å²) in [5.41, 5.74) is 3.20. The zero-order chi connectivity index (χ0) is 17.4. The van der Waals surface area contributed by atoms with Gasteiger partial charge in [0.25, 0.3) is 5.91 Å². The zero-order valence-corrected chi connectivity index (χ0v) is 14.7. The topological polar surface area (TPSA) is 23.6 Å². The number of halogens is 2. The lowest BCUT2D eigenvalue weighted by molar-refractivity contribution is 0.0773. The molecule has 0 saturated carbocycles. The van der Waals surface area contributed by atoms with Gasteiger partial charge in [0, 0.05) is 32.2 Å². The summed E-state index contributed by atoms with van der Waals surface area (Å²) in [5, 5.41) is 0.181. The Morgan fingerprint density at radius 3 is 2.72 bits per heavy atom. The van der Waals surface area contributed by atoms with Crippen LogP contribution in [0.4, 0.5) is 4.39 Å². The van der Waals surface area contributed by atoms with E-state index >= 15 is 0 Å². The first-order valence-electron chi connectivity index (χ1n) is 8.67. The summed E-state index contributed by atoms with van der Waals surface area (Å²) in [6.07, 6.45) is 2.02. The van der Waals surface area contributed by atoms with Gasteiger partial charge in [0.2, 0.25) is 0 Å². The second-order valence-electron chi connectivity index (χ2n) is 6.81. The third-order valence-corrected chi connectivity index (χ3v) is 5.60. The van der Waals surface area contributed by atoms with Crippen LogP contribution < -0.4 is 0 Å². The number of hydrogen-bond acceptors (Lipinski definition) is 2. The third-order valence-electron chi connectivity index (χ3n) is 5.29. The smallest absolute Gasteiger partial charge is 0.255 e. The summed E-state index contributed by atoms with van der Waals surface area (Å²) in [4.78, 5) is 17.0. The molecule has 25 heavy (non-hydrogen) atoms. The summed E-state index contributed by atoms with van der Waals surface area (Å²) in [5.74, 6) is -0.530. The van der Waals surface area contributed by atoms with Crippen molar-refractivity contribution in [2.45, 2.75) is 25.4 Å². The van der Waals surface area contributed by atoms with E-state index in [1.54, 1.807) is 0 Å². The van der Waals surface area contributed by atoms with Gasteiger partial charge in [-0.2, -0.15) is 0 Å². The van der Waals surface area contributed by atoms with E-state index in [2.05, 4.69) is 29.2 Å². The minimum atomic E-state index is -0.423. The van der Waals surface area contributed by atoms with E-state index in [1.165, 1.54) is 29.3 Å². The summed E-state index contributed by atoms with van der Waals surface area (Å²) in [6, 6.07) is 12.9. The predicted octanol–water partition coefficient (Wildman–Crippen LogP) is 3.75. The van der Waals surface area contributed by atoms with E-state index in [0.717, 1.165) is 32.5 Å². The summed E-state index contributed by atoms with van der Waals surface area (Å²) >= 11 is 6.05. The molecule has 1 saturated heterocycles. The van der Waals surface area contributed by atoms with Crippen molar-refractivity contribution in [3.05, 3.63) is 70.0 Å². The largest absolute Gasteiger partial charge is 0.337 e. The molecule has 0 aromatic heterocycles. The Balaban J connectivity index is 1.44. The molecule has 3 nitrogen and oxygen atoms in total. The lowest BCUT2D eigenvalue weighted by Crippen LogP contribution is -2.41. The number of likely N-dealkylation sites (tertiary alicyclic amines) is 1. The van der Waals surface area contributed by atoms with Crippen molar-refractivity contribution in [2.24, 2.45) is 0 Å². The fourth-order valence-corrected chi connectivity index (χ4v) is 4.13. The van der Waals surface area contributed by atoms with E-state index in [4.69, 9.17) is 11.6 Å². The average Bonchev–Trinajstić information content (AvgIpc) is 3.11. The Morgan fingerprint density at radius 1 is 1.12 bits per heavy atom. The van der Waals surface area contributed by atoms with E-state index in [0.29, 0.717) is 18.2 Å². The van der Waals surface area contributed by atoms with Crippen LogP contribution in [0.5, 0.6) is 0 Å². The van der Waals surface area contributed by atoms with Crippen molar-refractivity contribution in [3.8, 4) is 0 Å². The number of hydrogen-bond donors (Lipinski definition) is 0. The van der Waals surface area contributed by atoms with Gasteiger partial charge in [-0.15, -0.1) is 0 Å². The van der Waals surface area contributed by atoms with Crippen LogP contribution in [-0.4, -0.2) is 41.4 Å². The molecule has 0 N–H and O–H groups in total. The second kappa shape index (κ2) is 6.77. The van der Waals surface area contributed by atoms with Crippen molar-refractivity contribution < 1.29 is 9.18 Å². The Bertz CT molecular complexity index is 810. The third kappa shape index (κ3) is 3.29. The Hall–Kier alpha value is -1.91. The van der Waals surface area contributed by atoms with Gasteiger partial charge in [0.15, 0.2) is 0 Å². The van der Waals surface area contributed by atoms with Gasteiger partial charge >= 0.3 is 0 Å². The van der Waals surface area contributed by atoms with Gasteiger partial charge in [0.05, 0.1) is 10.6 Å². The summed E-state index contributed by atoms with van der Waals surface area (Å²) in [6.45, 7) is 3.39. The van der Waals surface area contributed by atoms with Gasteiger partial charge in [-0.3, -0.25) is 9.69 Å². The van der Waals surface area contributed by atoms with E-state index in [-0.39, 0.29) is 10.9 Å². The highest BCUT2D eigenvalue weighted by atomic mass is 35.5. The molecule has 1 unspecified atom stereocenters. The van der Waals surface area contributed by atoms with Crippen LogP contribution in [0.1, 0.15) is 27.9 Å². The van der Waals surface area contributed by atoms with Gasteiger partial charge in [0.1, 0.15) is 5.82 Å². The average molecular weight is 359 g/mol. The number of fused-ring (bicyclic) bond motifs is 1. The van der Waals surface area contributed by atoms with Crippen molar-refractivity contribution >= 4 is 17.5 Å². The lowest BCUT2D eigenvalue weighted by Gasteiger charge is -2.33. The molecular weight excluding hydrogens is 339 g/mol. The number of benzene rings is 2. The minimum absolute atomic E-state index is 0.107. The first-order chi connectivity index (χ1) is 12.1. The zero-order valence-electron chi connectivity index (χ0n) is 13.9. The first kappa shape index (κ1) is 16.6. The standard InChI is InChI=1S/C20H20ClFN2O/c21-19-11-16(22)5-6-18(19)20(25)24-10-8-17(13-24)23-9-7-14-3-1-2-4-15(14)12-23/h1-6,11,17H,7-10,12-13H2. The quantitative estimate of drug-likeness (QED) is 0.816. The molecule has 0 aliphatic carbocycles. The minimum Gasteiger partial charge on any atom is -0.337 e. The number of rotatable bonds is 2. The van der Waals surface area contributed by atoms with E-state index in [1.807, 2.05) is 4.90 Å². The second-order valence-corrected chi connectivity index (χ2v) is 7.21. The predicted molar refractivity (Wildman–Crippen MR) is 96.3 cm³/mol. The van der Waals surface area contributed by atoms with Crippen LogP contribution >= 0.6 is 11.6 Å². The van der Waals surface area contributed by atoms with Crippen LogP contribution in [0.3, 0.4) is 0 Å². The monoisotopic (exact) mass is 358 g/mol. The SMILES string of the molecule is O=C(c1ccc(F)cc1Cl)N1CCC(N2CCc3ccccc3C2)C1. The molecule has 2 aliphatic heterocycles. The number of amides is 1. The fraction of sp³-hybridized carbons (Fsp3) is 0.350. The van der Waals surface area contributed by atoms with Crippen LogP contribution in [-0.2, 0) is 13.0 Å². The maximum atomic E-state index is 13.2. The summed E-state index contributed by atoms with van der Waals surface area (Å²) < 4.78 is 13.2. The van der Waals surface area contributed by atoms with E-state index < -0.39 is 5.82 Å². The van der Waals surface area contributed by atoms with Gasteiger partial charge in [-0.1, -0.05) is 35.9 Å². The van der Waals surface area contributed by atoms with Gasteiger partial charge < -0.3 is 4.90 Å². The van der Waals surface area contributed by atoms with Gasteiger partial charge in [-0.25, -0.2) is 4.39 Å². The molecule has 2 aliphatic rings. The molecule has 1 atom stereocenters. The van der Waals surface area contributed by atoms with Crippen molar-refractivity contribution in [1.82, 2.24) is 9.80 Å². The molecule has 4 rings (SSSR count). The van der Waals surface area contributed by atoms with Crippen molar-refractivity contribution in [1.29, 1.82) is 0 Å². The number of carbonyl (C=O) groups excluding carboxylic acids is 1. The molecule has 130 valence electrons. The Kier molecular flexibility index (Phi) is 4.48. The van der Waals surface area contributed by atoms with Crippen LogP contribution in [0.15, 0.2) is 42.5 Å². The maximum absolute atomic E-state index is 13.2. The van der Waals surface area contributed by atoms with Crippen molar-refractivity contribution in [3.63, 3.8) is 0 Å². The molecule has 0 spiro atoms. The Labute approximate surface area is 152 Å². The number of carbonyl (C=O) groups is 1. The molecule has 2 aromatic rings. The molecule has 5 heteroatoms. The lowest BCUT2D eigenvalue weighted by atomic mass is 9.98.